The van der Waals surface area contributed by atoms with Crippen LogP contribution in [0.4, 0.5) is 5.69 Å². The van der Waals surface area contributed by atoms with E-state index in [0.29, 0.717) is 17.5 Å². The molecule has 0 saturated heterocycles. The summed E-state index contributed by atoms with van der Waals surface area (Å²) in [5, 5.41) is 11.1. The average molecular weight is 338 g/mol. The molecule has 0 heterocycles. The van der Waals surface area contributed by atoms with Crippen LogP contribution in [-0.4, -0.2) is 25.9 Å². The Morgan fingerprint density at radius 2 is 1.86 bits per heavy atom. The van der Waals surface area contributed by atoms with Crippen molar-refractivity contribution in [2.45, 2.75) is 38.1 Å². The van der Waals surface area contributed by atoms with Gasteiger partial charge in [0.1, 0.15) is 0 Å². The van der Waals surface area contributed by atoms with Gasteiger partial charge in [-0.25, -0.2) is 13.1 Å². The Bertz CT molecular complexity index is 617. The zero-order chi connectivity index (χ0) is 15.5. The Morgan fingerprint density at radius 1 is 1.33 bits per heavy atom. The van der Waals surface area contributed by atoms with Gasteiger partial charge in [-0.2, -0.15) is 0 Å². The van der Waals surface area contributed by atoms with Crippen LogP contribution in [0.2, 0.25) is 0 Å². The number of nitrogens with zero attached hydrogens (tertiary/aromatic N) is 1. The number of halogens is 1. The van der Waals surface area contributed by atoms with Gasteiger partial charge in [0.2, 0.25) is 10.0 Å². The monoisotopic (exact) mass is 337 g/mol. The number of rotatable bonds is 6. The van der Waals surface area contributed by atoms with Crippen molar-refractivity contribution in [3.05, 3.63) is 33.4 Å². The lowest BCUT2D eigenvalue weighted by Crippen LogP contribution is -2.30. The first-order chi connectivity index (χ1) is 9.16. The van der Waals surface area contributed by atoms with E-state index in [4.69, 9.17) is 5.73 Å². The topological polar surface area (TPSA) is 115 Å². The number of nitro benzene ring substituents is 1. The third kappa shape index (κ3) is 4.92. The van der Waals surface area contributed by atoms with Gasteiger partial charge < -0.3 is 5.73 Å². The Morgan fingerprint density at radius 3 is 2.33 bits per heavy atom. The second-order valence-electron chi connectivity index (χ2n) is 4.80. The molecule has 7 nitrogen and oxygen atoms in total. The lowest BCUT2D eigenvalue weighted by Gasteiger charge is -2.12. The molecule has 0 spiro atoms. The quantitative estimate of drug-likeness (QED) is 0.605. The lowest BCUT2D eigenvalue weighted by molar-refractivity contribution is -0.388. The molecule has 0 aliphatic rings. The summed E-state index contributed by atoms with van der Waals surface area (Å²) >= 11 is 0. The van der Waals surface area contributed by atoms with Crippen molar-refractivity contribution in [1.82, 2.24) is 4.72 Å². The second-order valence-corrected chi connectivity index (χ2v) is 6.50. The molecule has 1 aromatic carbocycles. The lowest BCUT2D eigenvalue weighted by atomic mass is 10.1. The van der Waals surface area contributed by atoms with E-state index in [0.717, 1.165) is 0 Å². The fourth-order valence-corrected chi connectivity index (χ4v) is 3.34. The highest BCUT2D eigenvalue weighted by molar-refractivity contribution is 7.89. The number of nitro groups is 1. The summed E-state index contributed by atoms with van der Waals surface area (Å²) in [5.74, 6) is 0. The third-order valence-corrected chi connectivity index (χ3v) is 4.51. The van der Waals surface area contributed by atoms with Crippen LogP contribution in [-0.2, 0) is 10.0 Å². The molecule has 0 amide bonds. The van der Waals surface area contributed by atoms with Gasteiger partial charge in [-0.1, -0.05) is 12.1 Å². The van der Waals surface area contributed by atoms with Crippen molar-refractivity contribution in [1.29, 1.82) is 0 Å². The third-order valence-electron chi connectivity index (χ3n) is 2.87. The van der Waals surface area contributed by atoms with Gasteiger partial charge >= 0.3 is 0 Å². The second kappa shape index (κ2) is 7.69. The SMILES string of the molecule is Cc1ccc(C)c(S(=O)(=O)NCCC(C)N)c1[N+](=O)[O-].Cl. The summed E-state index contributed by atoms with van der Waals surface area (Å²) in [7, 11) is -3.93. The fourth-order valence-electron chi connectivity index (χ4n) is 1.83. The van der Waals surface area contributed by atoms with Crippen molar-refractivity contribution in [3.63, 3.8) is 0 Å². The first kappa shape index (κ1) is 19.8. The van der Waals surface area contributed by atoms with E-state index < -0.39 is 14.9 Å². The van der Waals surface area contributed by atoms with Crippen molar-refractivity contribution >= 4 is 28.1 Å². The van der Waals surface area contributed by atoms with Crippen molar-refractivity contribution in [3.8, 4) is 0 Å². The van der Waals surface area contributed by atoms with E-state index in [2.05, 4.69) is 4.72 Å². The van der Waals surface area contributed by atoms with Crippen molar-refractivity contribution in [2.24, 2.45) is 5.73 Å². The molecule has 0 bridgehead atoms. The van der Waals surface area contributed by atoms with E-state index in [-0.39, 0.29) is 35.6 Å². The summed E-state index contributed by atoms with van der Waals surface area (Å²) in [4.78, 5) is 10.2. The molecule has 0 fully saturated rings. The summed E-state index contributed by atoms with van der Waals surface area (Å²) in [6.07, 6.45) is 0.456. The predicted molar refractivity (Wildman–Crippen MR) is 83.3 cm³/mol. The number of hydrogen-bond donors (Lipinski definition) is 2. The molecule has 1 rings (SSSR count). The number of hydrogen-bond acceptors (Lipinski definition) is 5. The molecule has 0 aromatic heterocycles. The Hall–Kier alpha value is -1.22. The molecule has 0 aliphatic carbocycles. The maximum Gasteiger partial charge on any atom is 0.292 e. The Kier molecular flexibility index (Phi) is 7.25. The van der Waals surface area contributed by atoms with Gasteiger partial charge in [0.15, 0.2) is 4.90 Å². The summed E-state index contributed by atoms with van der Waals surface area (Å²) in [6, 6.07) is 2.95. The number of aryl methyl sites for hydroxylation is 2. The molecular formula is C12H20ClN3O4S. The van der Waals surface area contributed by atoms with Crippen molar-refractivity contribution < 1.29 is 13.3 Å². The molecule has 9 heteroatoms. The van der Waals surface area contributed by atoms with Crippen LogP contribution in [0.3, 0.4) is 0 Å². The maximum absolute atomic E-state index is 12.3. The molecular weight excluding hydrogens is 318 g/mol. The average Bonchev–Trinajstić information content (AvgIpc) is 2.30. The summed E-state index contributed by atoms with van der Waals surface area (Å²) in [5.41, 5.74) is 5.83. The van der Waals surface area contributed by atoms with Gasteiger partial charge in [0.05, 0.1) is 4.92 Å². The standard InChI is InChI=1S/C12H19N3O4S.ClH/c1-8-4-5-9(2)12(11(8)15(16)17)20(18,19)14-7-6-10(3)13;/h4-5,10,14H,6-7,13H2,1-3H3;1H. The molecule has 120 valence electrons. The van der Waals surface area contributed by atoms with Crippen LogP contribution < -0.4 is 10.5 Å². The molecule has 0 radical (unpaired) electrons. The molecule has 3 N–H and O–H groups in total. The van der Waals surface area contributed by atoms with E-state index in [1.54, 1.807) is 13.0 Å². The Balaban J connectivity index is 0.00000400. The highest BCUT2D eigenvalue weighted by Gasteiger charge is 2.29. The Labute approximate surface area is 130 Å². The summed E-state index contributed by atoms with van der Waals surface area (Å²) in [6.45, 7) is 4.95. The van der Waals surface area contributed by atoms with Gasteiger partial charge in [-0.3, -0.25) is 10.1 Å². The highest BCUT2D eigenvalue weighted by atomic mass is 35.5. The smallest absolute Gasteiger partial charge is 0.292 e. The van der Waals surface area contributed by atoms with Crippen LogP contribution in [0, 0.1) is 24.0 Å². The molecule has 1 unspecified atom stereocenters. The van der Waals surface area contributed by atoms with Crippen LogP contribution in [0.1, 0.15) is 24.5 Å². The highest BCUT2D eigenvalue weighted by Crippen LogP contribution is 2.30. The van der Waals surface area contributed by atoms with Crippen LogP contribution >= 0.6 is 12.4 Å². The van der Waals surface area contributed by atoms with E-state index >= 15 is 0 Å². The van der Waals surface area contributed by atoms with E-state index in [9.17, 15) is 18.5 Å². The van der Waals surface area contributed by atoms with Gasteiger partial charge in [-0.05, 0) is 32.8 Å². The van der Waals surface area contributed by atoms with Crippen LogP contribution in [0.5, 0.6) is 0 Å². The first-order valence-corrected chi connectivity index (χ1v) is 7.65. The zero-order valence-corrected chi connectivity index (χ0v) is 13.8. The normalized spacial score (nSPS) is 12.6. The predicted octanol–water partition coefficient (Wildman–Crippen LogP) is 1.65. The van der Waals surface area contributed by atoms with E-state index in [1.807, 2.05) is 0 Å². The fraction of sp³-hybridized carbons (Fsp3) is 0.500. The maximum atomic E-state index is 12.3. The van der Waals surface area contributed by atoms with Gasteiger partial charge in [0, 0.05) is 18.2 Å². The summed E-state index contributed by atoms with van der Waals surface area (Å²) < 4.78 is 26.9. The van der Waals surface area contributed by atoms with Crippen molar-refractivity contribution in [2.75, 3.05) is 6.54 Å². The minimum absolute atomic E-state index is 0. The van der Waals surface area contributed by atoms with Crippen LogP contribution in [0.25, 0.3) is 0 Å². The molecule has 1 atom stereocenters. The number of nitrogens with one attached hydrogen (secondary N) is 1. The minimum Gasteiger partial charge on any atom is -0.328 e. The van der Waals surface area contributed by atoms with E-state index in [1.165, 1.54) is 19.9 Å². The molecule has 1 aromatic rings. The largest absolute Gasteiger partial charge is 0.328 e. The number of sulfonamides is 1. The molecule has 0 saturated carbocycles. The first-order valence-electron chi connectivity index (χ1n) is 6.16. The van der Waals surface area contributed by atoms with Gasteiger partial charge in [0.25, 0.3) is 5.69 Å². The molecule has 21 heavy (non-hydrogen) atoms. The molecule has 0 aliphatic heterocycles. The van der Waals surface area contributed by atoms with Gasteiger partial charge in [-0.15, -0.1) is 12.4 Å². The number of benzene rings is 1. The minimum atomic E-state index is -3.93. The number of nitrogens with two attached hydrogens (primary N) is 1. The zero-order valence-electron chi connectivity index (χ0n) is 12.1. The van der Waals surface area contributed by atoms with Crippen LogP contribution in [0.15, 0.2) is 17.0 Å².